The minimum absolute atomic E-state index is 0.140. The minimum atomic E-state index is -0.351. The Morgan fingerprint density at radius 1 is 0.697 bits per heavy atom. The van der Waals surface area contributed by atoms with E-state index in [9.17, 15) is 20.2 Å². The van der Waals surface area contributed by atoms with E-state index in [0.29, 0.717) is 0 Å². The Labute approximate surface area is 198 Å². The number of thiophene rings is 2. The molecule has 2 heterocycles. The first kappa shape index (κ1) is 21.5. The van der Waals surface area contributed by atoms with Crippen molar-refractivity contribution in [2.24, 2.45) is 0 Å². The van der Waals surface area contributed by atoms with Gasteiger partial charge in [-0.05, 0) is 70.5 Å². The van der Waals surface area contributed by atoms with Gasteiger partial charge in [-0.1, -0.05) is 60.8 Å². The van der Waals surface area contributed by atoms with Crippen molar-refractivity contribution < 1.29 is 9.85 Å². The molecule has 0 aliphatic heterocycles. The quantitative estimate of drug-likeness (QED) is 0.208. The third-order valence-corrected chi connectivity index (χ3v) is 8.85. The van der Waals surface area contributed by atoms with Crippen molar-refractivity contribution in [2.45, 2.75) is 32.1 Å². The van der Waals surface area contributed by atoms with Crippen molar-refractivity contribution >= 4 is 32.7 Å². The maximum absolute atomic E-state index is 11.1. The van der Waals surface area contributed by atoms with Gasteiger partial charge in [0.2, 0.25) is 0 Å². The molecule has 1 aliphatic rings. The van der Waals surface area contributed by atoms with Gasteiger partial charge in [0.25, 0.3) is 0 Å². The molecule has 2 aromatic heterocycles. The second-order valence-electron chi connectivity index (χ2n) is 8.10. The fraction of sp³-hybridized carbons (Fsp3) is 0.200. The number of nitrogens with zero attached hydrogens (tertiary/aromatic N) is 2. The van der Waals surface area contributed by atoms with E-state index in [1.807, 2.05) is 24.3 Å². The lowest BCUT2D eigenvalue weighted by Crippen LogP contribution is -2.23. The summed E-state index contributed by atoms with van der Waals surface area (Å²) in [5.74, 6) is 0. The third-order valence-electron chi connectivity index (χ3n) is 6.68. The third kappa shape index (κ3) is 3.29. The van der Waals surface area contributed by atoms with E-state index in [0.717, 1.165) is 33.7 Å². The van der Waals surface area contributed by atoms with Crippen LogP contribution in [0.15, 0.2) is 60.7 Å². The van der Waals surface area contributed by atoms with E-state index in [1.165, 1.54) is 44.9 Å². The van der Waals surface area contributed by atoms with Crippen molar-refractivity contribution in [3.63, 3.8) is 0 Å². The summed E-state index contributed by atoms with van der Waals surface area (Å²) >= 11 is 2.38. The van der Waals surface area contributed by atoms with Gasteiger partial charge in [0.1, 0.15) is 0 Å². The van der Waals surface area contributed by atoms with Gasteiger partial charge in [-0.2, -0.15) is 0 Å². The van der Waals surface area contributed by atoms with Crippen molar-refractivity contribution in [3.05, 3.63) is 92.0 Å². The van der Waals surface area contributed by atoms with Crippen LogP contribution in [0.1, 0.15) is 37.8 Å². The molecule has 0 spiro atoms. The van der Waals surface area contributed by atoms with E-state index in [1.54, 1.807) is 12.1 Å². The molecule has 0 unspecified atom stereocenters. The maximum atomic E-state index is 11.1. The zero-order valence-corrected chi connectivity index (χ0v) is 19.7. The Morgan fingerprint density at radius 2 is 1.12 bits per heavy atom. The van der Waals surface area contributed by atoms with Crippen LogP contribution >= 0.6 is 22.7 Å². The molecule has 166 valence electrons. The summed E-state index contributed by atoms with van der Waals surface area (Å²) in [5, 5.41) is 22.6. The predicted molar refractivity (Wildman–Crippen MR) is 133 cm³/mol. The van der Waals surface area contributed by atoms with Crippen LogP contribution in [-0.4, -0.2) is 9.85 Å². The molecule has 0 radical (unpaired) electrons. The lowest BCUT2D eigenvalue weighted by atomic mass is 9.73. The Kier molecular flexibility index (Phi) is 5.14. The van der Waals surface area contributed by atoms with Crippen molar-refractivity contribution in [1.29, 1.82) is 0 Å². The molecule has 0 fully saturated rings. The average Bonchev–Trinajstić information content (AvgIpc) is 3.55. The molecular weight excluding hydrogens is 456 g/mol. The number of hydrogen-bond donors (Lipinski definition) is 0. The number of nitro groups is 2. The first-order valence-corrected chi connectivity index (χ1v) is 12.3. The highest BCUT2D eigenvalue weighted by molar-refractivity contribution is 7.18. The molecule has 6 nitrogen and oxygen atoms in total. The Hall–Kier alpha value is -3.36. The SMILES string of the molecule is CCC1(CC)c2cc(-c3ccc([N+](=O)[O-])s3)ccc2-c2ccc(-c3ccc([N+](=O)[O-])s3)cc21. The standard InChI is InChI=1S/C25H20N2O4S2/c1-3-25(4-2)19-13-15(21-9-11-23(32-21)26(28)29)5-7-17(19)18-8-6-16(14-20(18)25)22-10-12-24(33-22)27(30)31/h5-14H,3-4H2,1-2H3. The molecule has 0 atom stereocenters. The van der Waals surface area contributed by atoms with Crippen LogP contribution in [0.3, 0.4) is 0 Å². The highest BCUT2D eigenvalue weighted by Gasteiger charge is 2.41. The molecule has 0 amide bonds. The highest BCUT2D eigenvalue weighted by atomic mass is 32.1. The van der Waals surface area contributed by atoms with Crippen LogP contribution in [0.5, 0.6) is 0 Å². The van der Waals surface area contributed by atoms with Gasteiger partial charge in [-0.15, -0.1) is 0 Å². The molecule has 4 aromatic rings. The Bertz CT molecular complexity index is 1310. The fourth-order valence-electron chi connectivity index (χ4n) is 4.98. The largest absolute Gasteiger partial charge is 0.324 e. The minimum Gasteiger partial charge on any atom is -0.258 e. The van der Waals surface area contributed by atoms with E-state index in [4.69, 9.17) is 0 Å². The van der Waals surface area contributed by atoms with Gasteiger partial charge in [-0.3, -0.25) is 20.2 Å². The molecule has 0 N–H and O–H groups in total. The van der Waals surface area contributed by atoms with Gasteiger partial charge < -0.3 is 0 Å². The van der Waals surface area contributed by atoms with Crippen LogP contribution < -0.4 is 0 Å². The summed E-state index contributed by atoms with van der Waals surface area (Å²) in [7, 11) is 0. The van der Waals surface area contributed by atoms with Crippen LogP contribution in [0, 0.1) is 20.2 Å². The second kappa shape index (κ2) is 7.90. The van der Waals surface area contributed by atoms with Crippen molar-refractivity contribution in [3.8, 4) is 32.0 Å². The maximum Gasteiger partial charge on any atom is 0.324 e. The lowest BCUT2D eigenvalue weighted by Gasteiger charge is -2.30. The number of hydrogen-bond acceptors (Lipinski definition) is 6. The summed E-state index contributed by atoms with van der Waals surface area (Å²) in [5.41, 5.74) is 6.65. The number of fused-ring (bicyclic) bond motifs is 3. The summed E-state index contributed by atoms with van der Waals surface area (Å²) in [6.45, 7) is 4.38. The molecule has 2 aromatic carbocycles. The fourth-order valence-corrected chi connectivity index (χ4v) is 6.61. The van der Waals surface area contributed by atoms with E-state index >= 15 is 0 Å². The molecule has 8 heteroatoms. The van der Waals surface area contributed by atoms with Crippen LogP contribution in [0.25, 0.3) is 32.0 Å². The number of rotatable bonds is 6. The topological polar surface area (TPSA) is 86.3 Å². The van der Waals surface area contributed by atoms with Crippen LogP contribution in [0.4, 0.5) is 10.0 Å². The summed E-state index contributed by atoms with van der Waals surface area (Å²) in [6.07, 6.45) is 1.82. The summed E-state index contributed by atoms with van der Waals surface area (Å²) < 4.78 is 0. The second-order valence-corrected chi connectivity index (χ2v) is 10.2. The monoisotopic (exact) mass is 476 g/mol. The van der Waals surface area contributed by atoms with Gasteiger partial charge in [-0.25, -0.2) is 0 Å². The summed E-state index contributed by atoms with van der Waals surface area (Å²) in [6, 6.07) is 19.4. The molecule has 0 saturated heterocycles. The Morgan fingerprint density at radius 3 is 1.45 bits per heavy atom. The van der Waals surface area contributed by atoms with Gasteiger partial charge >= 0.3 is 10.0 Å². The van der Waals surface area contributed by atoms with E-state index in [-0.39, 0.29) is 25.3 Å². The smallest absolute Gasteiger partial charge is 0.258 e. The Balaban J connectivity index is 1.64. The summed E-state index contributed by atoms with van der Waals surface area (Å²) in [4.78, 5) is 23.4. The number of benzene rings is 2. The highest BCUT2D eigenvalue weighted by Crippen LogP contribution is 2.54. The lowest BCUT2D eigenvalue weighted by molar-refractivity contribution is -0.380. The van der Waals surface area contributed by atoms with Crippen LogP contribution in [-0.2, 0) is 5.41 Å². The van der Waals surface area contributed by atoms with Gasteiger partial charge in [0, 0.05) is 27.3 Å². The van der Waals surface area contributed by atoms with Gasteiger partial charge in [0.15, 0.2) is 0 Å². The average molecular weight is 477 g/mol. The molecule has 5 rings (SSSR count). The van der Waals surface area contributed by atoms with Crippen molar-refractivity contribution in [1.82, 2.24) is 0 Å². The zero-order valence-electron chi connectivity index (χ0n) is 18.0. The molecule has 1 aliphatic carbocycles. The predicted octanol–water partition coefficient (Wildman–Crippen LogP) is 8.05. The van der Waals surface area contributed by atoms with E-state index in [2.05, 4.69) is 38.1 Å². The zero-order chi connectivity index (χ0) is 23.3. The van der Waals surface area contributed by atoms with Gasteiger partial charge in [0.05, 0.1) is 9.85 Å². The molecule has 0 bridgehead atoms. The first-order valence-electron chi connectivity index (χ1n) is 10.7. The molecule has 33 heavy (non-hydrogen) atoms. The van der Waals surface area contributed by atoms with Crippen molar-refractivity contribution in [2.75, 3.05) is 0 Å². The normalized spacial score (nSPS) is 13.5. The van der Waals surface area contributed by atoms with Crippen LogP contribution in [0.2, 0.25) is 0 Å². The van der Waals surface area contributed by atoms with E-state index < -0.39 is 0 Å². The first-order chi connectivity index (χ1) is 15.9. The molecule has 0 saturated carbocycles. The molecular formula is C25H20N2O4S2.